The Balaban J connectivity index is 2.11. The van der Waals surface area contributed by atoms with Crippen molar-refractivity contribution in [3.8, 4) is 11.1 Å². The van der Waals surface area contributed by atoms with Gasteiger partial charge in [-0.05, 0) is 63.3 Å². The second-order valence-electron chi connectivity index (χ2n) is 9.62. The maximum atomic E-state index is 13.8. The molecule has 0 saturated carbocycles. The molecule has 0 aliphatic heterocycles. The number of carbonyl (C=O) groups is 2. The lowest BCUT2D eigenvalue weighted by Crippen LogP contribution is -2.24. The topological polar surface area (TPSA) is 191 Å². The van der Waals surface area contributed by atoms with Crippen molar-refractivity contribution in [3.05, 3.63) is 63.0 Å². The number of rotatable bonds is 8. The summed E-state index contributed by atoms with van der Waals surface area (Å²) in [5.74, 6) is -0.989. The predicted molar refractivity (Wildman–Crippen MR) is 157 cm³/mol. The summed E-state index contributed by atoms with van der Waals surface area (Å²) in [5, 5.41) is 23.0. The molecule has 12 nitrogen and oxygen atoms in total. The fourth-order valence-corrected chi connectivity index (χ4v) is 7.69. The Morgan fingerprint density at radius 3 is 2.49 bits per heavy atom. The van der Waals surface area contributed by atoms with Crippen molar-refractivity contribution in [2.45, 2.75) is 47.3 Å². The van der Waals surface area contributed by atoms with Crippen LogP contribution in [0, 0.1) is 17.0 Å². The molecule has 3 aromatic rings. The van der Waals surface area contributed by atoms with Crippen LogP contribution in [0.4, 0.5) is 16.2 Å². The summed E-state index contributed by atoms with van der Waals surface area (Å²) in [5.41, 5.74) is 6.08. The van der Waals surface area contributed by atoms with Gasteiger partial charge in [0.15, 0.2) is 0 Å². The van der Waals surface area contributed by atoms with Crippen molar-refractivity contribution in [3.63, 3.8) is 0 Å². The number of carbonyl (C=O) groups excluding carboxylic acids is 2. The number of hydrogen-bond donors (Lipinski definition) is 3. The van der Waals surface area contributed by atoms with Crippen LogP contribution in [0.2, 0.25) is 0 Å². The third-order valence-electron chi connectivity index (χ3n) is 5.38. The molecule has 0 aliphatic carbocycles. The summed E-state index contributed by atoms with van der Waals surface area (Å²) in [6.07, 6.45) is 0.788. The first-order valence-corrected chi connectivity index (χ1v) is 15.4. The Morgan fingerprint density at radius 2 is 1.90 bits per heavy atom. The van der Waals surface area contributed by atoms with Crippen LogP contribution in [-0.2, 0) is 19.4 Å². The highest BCUT2D eigenvalue weighted by Gasteiger charge is 2.27. The van der Waals surface area contributed by atoms with Crippen molar-refractivity contribution < 1.29 is 32.8 Å². The number of thioether (sulfide) groups is 1. The van der Waals surface area contributed by atoms with E-state index in [0.29, 0.717) is 20.9 Å². The van der Waals surface area contributed by atoms with Crippen LogP contribution >= 0.6 is 23.1 Å². The van der Waals surface area contributed by atoms with Crippen LogP contribution in [-0.4, -0.2) is 54.7 Å². The molecule has 15 heteroatoms. The molecule has 41 heavy (non-hydrogen) atoms. The molecule has 3 rings (SSSR count). The summed E-state index contributed by atoms with van der Waals surface area (Å²) in [6.45, 7) is 5.76. The van der Waals surface area contributed by atoms with Crippen molar-refractivity contribution in [1.29, 1.82) is 0 Å². The fourth-order valence-electron chi connectivity index (χ4n) is 3.74. The first-order chi connectivity index (χ1) is 19.1. The number of nitrogens with one attached hydrogen (secondary N) is 1. The van der Waals surface area contributed by atoms with Gasteiger partial charge in [-0.3, -0.25) is 14.9 Å². The Bertz CT molecular complexity index is 1660. The second kappa shape index (κ2) is 12.4. The number of aliphatic hydroxyl groups is 1. The van der Waals surface area contributed by atoms with Gasteiger partial charge in [0.2, 0.25) is 15.7 Å². The van der Waals surface area contributed by atoms with Crippen molar-refractivity contribution in [2.75, 3.05) is 18.2 Å². The Labute approximate surface area is 244 Å². The fraction of sp³-hybridized carbons (Fsp3) is 0.269. The maximum Gasteiger partial charge on any atom is 0.436 e. The largest absolute Gasteiger partial charge is 0.442 e. The Hall–Kier alpha value is -3.79. The van der Waals surface area contributed by atoms with E-state index >= 15 is 0 Å². The van der Waals surface area contributed by atoms with Crippen molar-refractivity contribution in [1.82, 2.24) is 0 Å². The molecule has 4 N–H and O–H groups in total. The van der Waals surface area contributed by atoms with E-state index in [-0.39, 0.29) is 31.9 Å². The molecule has 1 heterocycles. The second-order valence-corrected chi connectivity index (χ2v) is 13.7. The SMILES string of the molecule is CSc1sc(C(N)=NC(=O)OC(C)(C)C)cc1S(=O)(=O)c1cccc(-c2c(C)cc([N+](=O)[O-])cc2NC(=O)CO)c1. The van der Waals surface area contributed by atoms with Gasteiger partial charge in [-0.2, -0.15) is 4.99 Å². The molecule has 0 atom stereocenters. The number of amides is 2. The molecule has 0 unspecified atom stereocenters. The molecule has 1 aromatic heterocycles. The standard InChI is InChI=1S/C26H28N4O8S3/c1-14-9-16(30(34)35)11-18(28-21(32)13-31)22(14)15-7-6-8-17(10-15)41(36,37)20-12-19(40-24(20)39-5)23(27)29-25(33)38-26(2,3)4/h6-12,31H,13H2,1-5H3,(H,28,32)(H2,27,29,33). The minimum absolute atomic E-state index is 0.0408. The zero-order valence-electron chi connectivity index (χ0n) is 22.8. The molecule has 0 radical (unpaired) electrons. The summed E-state index contributed by atoms with van der Waals surface area (Å²) >= 11 is 2.23. The zero-order valence-corrected chi connectivity index (χ0v) is 25.2. The first kappa shape index (κ1) is 31.7. The van der Waals surface area contributed by atoms with Crippen LogP contribution in [0.15, 0.2) is 61.5 Å². The lowest BCUT2D eigenvalue weighted by Gasteiger charge is -2.17. The van der Waals surface area contributed by atoms with Gasteiger partial charge in [-0.25, -0.2) is 13.2 Å². The number of non-ortho nitro benzene ring substituents is 1. The summed E-state index contributed by atoms with van der Waals surface area (Å²) < 4.78 is 33.2. The van der Waals surface area contributed by atoms with Crippen molar-refractivity contribution >= 4 is 62.1 Å². The van der Waals surface area contributed by atoms with Crippen molar-refractivity contribution in [2.24, 2.45) is 10.7 Å². The van der Waals surface area contributed by atoms with Gasteiger partial charge >= 0.3 is 6.09 Å². The molecule has 2 amide bonds. The number of nitrogens with zero attached hydrogens (tertiary/aromatic N) is 2. The number of nitro benzene ring substituents is 1. The molecule has 2 aromatic carbocycles. The van der Waals surface area contributed by atoms with E-state index in [1.807, 2.05) is 0 Å². The van der Waals surface area contributed by atoms with E-state index in [2.05, 4.69) is 10.3 Å². The Kier molecular flexibility index (Phi) is 9.58. The van der Waals surface area contributed by atoms with E-state index < -0.39 is 39.0 Å². The zero-order chi connectivity index (χ0) is 30.7. The quantitative estimate of drug-likeness (QED) is 0.104. The maximum absolute atomic E-state index is 13.8. The van der Waals surface area contributed by atoms with E-state index in [9.17, 15) is 33.2 Å². The van der Waals surface area contributed by atoms with E-state index in [1.165, 1.54) is 42.1 Å². The number of sulfone groups is 1. The summed E-state index contributed by atoms with van der Waals surface area (Å²) in [4.78, 5) is 38.7. The summed E-state index contributed by atoms with van der Waals surface area (Å²) in [7, 11) is -4.13. The van der Waals surface area contributed by atoms with Gasteiger partial charge in [0.25, 0.3) is 5.69 Å². The average Bonchev–Trinajstić information content (AvgIpc) is 3.33. The highest BCUT2D eigenvalue weighted by Crippen LogP contribution is 2.40. The van der Waals surface area contributed by atoms with Gasteiger partial charge in [0.1, 0.15) is 18.0 Å². The number of aryl methyl sites for hydroxylation is 1. The van der Waals surface area contributed by atoms with Gasteiger partial charge in [0.05, 0.1) is 29.5 Å². The smallest absolute Gasteiger partial charge is 0.436 e. The number of ether oxygens (including phenoxy) is 1. The van der Waals surface area contributed by atoms with Crippen LogP contribution < -0.4 is 11.1 Å². The van der Waals surface area contributed by atoms with Crippen LogP contribution in [0.5, 0.6) is 0 Å². The number of hydrogen-bond acceptors (Lipinski definition) is 10. The average molecular weight is 621 g/mol. The van der Waals surface area contributed by atoms with Gasteiger partial charge in [-0.1, -0.05) is 12.1 Å². The molecule has 0 fully saturated rings. The van der Waals surface area contributed by atoms with Crippen LogP contribution in [0.1, 0.15) is 31.2 Å². The molecule has 0 aliphatic rings. The van der Waals surface area contributed by atoms with E-state index in [4.69, 9.17) is 10.5 Å². The van der Waals surface area contributed by atoms with E-state index in [1.54, 1.807) is 40.0 Å². The number of amidine groups is 1. The number of aliphatic imine (C=N–C) groups is 1. The van der Waals surface area contributed by atoms with Crippen LogP contribution in [0.3, 0.4) is 0 Å². The monoisotopic (exact) mass is 620 g/mol. The molecular formula is C26H28N4O8S3. The number of nitrogens with two attached hydrogens (primary N) is 1. The molecule has 0 spiro atoms. The molecule has 218 valence electrons. The van der Waals surface area contributed by atoms with Gasteiger partial charge in [-0.15, -0.1) is 23.1 Å². The minimum Gasteiger partial charge on any atom is -0.442 e. The predicted octanol–water partition coefficient (Wildman–Crippen LogP) is 4.76. The number of aliphatic hydroxyl groups excluding tert-OH is 1. The summed E-state index contributed by atoms with van der Waals surface area (Å²) in [6, 6.07) is 9.66. The normalized spacial score (nSPS) is 12.2. The highest BCUT2D eigenvalue weighted by atomic mass is 32.2. The first-order valence-electron chi connectivity index (χ1n) is 11.9. The third-order valence-corrected chi connectivity index (χ3v) is 9.71. The minimum atomic E-state index is -4.13. The molecule has 0 bridgehead atoms. The number of anilines is 1. The Morgan fingerprint density at radius 1 is 1.22 bits per heavy atom. The van der Waals surface area contributed by atoms with E-state index in [0.717, 1.165) is 17.4 Å². The number of benzene rings is 2. The third kappa shape index (κ3) is 7.49. The lowest BCUT2D eigenvalue weighted by atomic mass is 9.97. The van der Waals surface area contributed by atoms with Crippen LogP contribution in [0.25, 0.3) is 11.1 Å². The molecular weight excluding hydrogens is 593 g/mol. The number of thiophene rings is 1. The highest BCUT2D eigenvalue weighted by molar-refractivity contribution is 8.01. The van der Waals surface area contributed by atoms with Gasteiger partial charge in [0, 0.05) is 17.7 Å². The number of nitro groups is 1. The van der Waals surface area contributed by atoms with Gasteiger partial charge < -0.3 is 20.9 Å². The lowest BCUT2D eigenvalue weighted by molar-refractivity contribution is -0.384. The molecule has 0 saturated heterocycles.